The van der Waals surface area contributed by atoms with Gasteiger partial charge in [0.1, 0.15) is 0 Å². The van der Waals surface area contributed by atoms with Gasteiger partial charge in [0, 0.05) is 37.1 Å². The van der Waals surface area contributed by atoms with Crippen LogP contribution in [-0.4, -0.2) is 38.2 Å². The molecule has 6 rings (SSSR count). The maximum absolute atomic E-state index is 11.8. The number of pyridine rings is 2. The van der Waals surface area contributed by atoms with E-state index in [0.717, 1.165) is 60.1 Å². The van der Waals surface area contributed by atoms with Gasteiger partial charge in [-0.3, -0.25) is 10.3 Å². The Balaban J connectivity index is 1.55. The first-order valence-electron chi connectivity index (χ1n) is 14.2. The first kappa shape index (κ1) is 26.3. The number of hydrogen-bond acceptors (Lipinski definition) is 7. The van der Waals surface area contributed by atoms with Crippen LogP contribution in [-0.2, 0) is 11.4 Å². The maximum atomic E-state index is 11.8. The van der Waals surface area contributed by atoms with Crippen LogP contribution < -0.4 is 15.7 Å². The highest BCUT2D eigenvalue weighted by atomic mass is 35.5. The molecule has 2 unspecified atom stereocenters. The van der Waals surface area contributed by atoms with Crippen molar-refractivity contribution in [3.05, 3.63) is 35.2 Å². The average Bonchev–Trinajstić information content (AvgIpc) is 3.63. The monoisotopic (exact) mass is 551 g/mol. The molecule has 0 radical (unpaired) electrons. The van der Waals surface area contributed by atoms with Crippen LogP contribution in [0.15, 0.2) is 24.5 Å². The highest BCUT2D eigenvalue weighted by Gasteiger charge is 2.38. The Morgan fingerprint density at radius 3 is 2.59 bits per heavy atom. The molecule has 1 saturated carbocycles. The summed E-state index contributed by atoms with van der Waals surface area (Å²) in [6.07, 6.45) is 9.59. The molecule has 3 aliphatic rings. The van der Waals surface area contributed by atoms with Crippen molar-refractivity contribution in [3.63, 3.8) is 0 Å². The summed E-state index contributed by atoms with van der Waals surface area (Å²) in [6, 6.07) is 4.26. The lowest BCUT2D eigenvalue weighted by atomic mass is 9.83. The molecule has 3 aromatic heterocycles. The Morgan fingerprint density at radius 1 is 1.10 bits per heavy atom. The number of nitrogens with zero attached hydrogens (tertiary/aromatic N) is 5. The van der Waals surface area contributed by atoms with Crippen molar-refractivity contribution in [2.45, 2.75) is 85.0 Å². The second-order valence-corrected chi connectivity index (χ2v) is 13.0. The minimum Gasteiger partial charge on any atom is -0.351 e. The zero-order valence-electron chi connectivity index (χ0n) is 23.2. The lowest BCUT2D eigenvalue weighted by molar-refractivity contribution is 0.121. The fourth-order valence-corrected chi connectivity index (χ4v) is 6.72. The normalized spacial score (nSPS) is 25.8. The number of fused-ring (bicyclic) bond motifs is 1. The van der Waals surface area contributed by atoms with Crippen LogP contribution >= 0.6 is 11.6 Å². The molecule has 2 aliphatic heterocycles. The number of nitrogens with one attached hydrogen (secondary N) is 2. The summed E-state index contributed by atoms with van der Waals surface area (Å²) in [5.41, 5.74) is 6.90. The molecule has 1 amide bonds. The summed E-state index contributed by atoms with van der Waals surface area (Å²) in [7, 11) is 0. The van der Waals surface area contributed by atoms with Crippen LogP contribution in [0.2, 0.25) is 5.02 Å². The van der Waals surface area contributed by atoms with E-state index in [-0.39, 0.29) is 5.41 Å². The van der Waals surface area contributed by atoms with E-state index < -0.39 is 12.3 Å². The van der Waals surface area contributed by atoms with Gasteiger partial charge in [0.15, 0.2) is 6.17 Å². The zero-order valence-corrected chi connectivity index (χ0v) is 24.0. The molecule has 39 heavy (non-hydrogen) atoms. The molecule has 9 nitrogen and oxygen atoms in total. The topological polar surface area (TPSA) is 97.2 Å². The maximum Gasteiger partial charge on any atom is 0.427 e. The summed E-state index contributed by atoms with van der Waals surface area (Å²) in [6.45, 7) is 11.2. The van der Waals surface area contributed by atoms with Gasteiger partial charge in [0.2, 0.25) is 5.95 Å². The Kier molecular flexibility index (Phi) is 6.91. The number of carbonyl (C=O) groups is 1. The van der Waals surface area contributed by atoms with Gasteiger partial charge < -0.3 is 14.3 Å². The molecule has 5 heterocycles. The van der Waals surface area contributed by atoms with E-state index in [4.69, 9.17) is 26.4 Å². The molecule has 208 valence electrons. The molecule has 2 saturated heterocycles. The van der Waals surface area contributed by atoms with Crippen molar-refractivity contribution in [3.8, 4) is 11.3 Å². The summed E-state index contributed by atoms with van der Waals surface area (Å²) in [5.74, 6) is 2.39. The van der Waals surface area contributed by atoms with Crippen LogP contribution in [0, 0.1) is 17.3 Å². The number of anilines is 1. The first-order valence-corrected chi connectivity index (χ1v) is 14.6. The smallest absolute Gasteiger partial charge is 0.351 e. The standard InChI is InChI=1S/C29H38ClN7O2/c1-17-7-9-18(10-8-17)16-37-25-21(33-27(37)36-11-5-6-23(36)29(2,3)4)13-22(26-34-28(38)39-35-26)32-24(25)19-12-20(30)15-31-14-19/h12-15,17-18,23,26,35H,5-11,16H2,1-4H3,(H,34,38). The highest BCUT2D eigenvalue weighted by molar-refractivity contribution is 6.30. The lowest BCUT2D eigenvalue weighted by Crippen LogP contribution is -2.41. The van der Waals surface area contributed by atoms with Gasteiger partial charge in [-0.1, -0.05) is 52.1 Å². The molecular weight excluding hydrogens is 514 g/mol. The molecule has 10 heteroatoms. The van der Waals surface area contributed by atoms with E-state index in [2.05, 4.69) is 52.9 Å². The third kappa shape index (κ3) is 5.18. The second-order valence-electron chi connectivity index (χ2n) is 12.6. The Hall–Kier alpha value is -2.91. The lowest BCUT2D eigenvalue weighted by Gasteiger charge is -2.36. The van der Waals surface area contributed by atoms with E-state index in [9.17, 15) is 4.79 Å². The molecule has 0 bridgehead atoms. The van der Waals surface area contributed by atoms with Crippen molar-refractivity contribution in [2.75, 3.05) is 11.4 Å². The molecule has 0 spiro atoms. The first-order chi connectivity index (χ1) is 18.7. The van der Waals surface area contributed by atoms with Gasteiger partial charge in [-0.05, 0) is 55.1 Å². The van der Waals surface area contributed by atoms with Gasteiger partial charge in [0.25, 0.3) is 0 Å². The minimum absolute atomic E-state index is 0.123. The van der Waals surface area contributed by atoms with Gasteiger partial charge in [-0.2, -0.15) is 0 Å². The average molecular weight is 552 g/mol. The fraction of sp³-hybridized carbons (Fsp3) is 0.586. The third-order valence-electron chi connectivity index (χ3n) is 8.62. The molecule has 3 fully saturated rings. The Morgan fingerprint density at radius 2 is 1.90 bits per heavy atom. The summed E-state index contributed by atoms with van der Waals surface area (Å²) in [5, 5.41) is 3.32. The zero-order chi connectivity index (χ0) is 27.3. The van der Waals surface area contributed by atoms with Crippen molar-refractivity contribution < 1.29 is 9.63 Å². The molecule has 2 atom stereocenters. The number of amides is 1. The second kappa shape index (κ2) is 10.2. The number of carbonyl (C=O) groups excluding carboxylic acids is 1. The SMILES string of the molecule is CC1CCC(Cn2c(N3CCCC3C(C)(C)C)nc3cc(C4NOC(=O)N4)nc(-c4cncc(Cl)c4)c32)CC1. The predicted octanol–water partition coefficient (Wildman–Crippen LogP) is 6.23. The largest absolute Gasteiger partial charge is 0.427 e. The molecule has 2 N–H and O–H groups in total. The van der Waals surface area contributed by atoms with Gasteiger partial charge in [0.05, 0.1) is 27.4 Å². The summed E-state index contributed by atoms with van der Waals surface area (Å²) < 4.78 is 2.42. The van der Waals surface area contributed by atoms with Crippen LogP contribution in [0.3, 0.4) is 0 Å². The van der Waals surface area contributed by atoms with Crippen LogP contribution in [0.4, 0.5) is 10.7 Å². The van der Waals surface area contributed by atoms with E-state index in [1.807, 2.05) is 12.1 Å². The summed E-state index contributed by atoms with van der Waals surface area (Å²) in [4.78, 5) is 34.0. The Labute approximate surface area is 234 Å². The third-order valence-corrected chi connectivity index (χ3v) is 8.82. The van der Waals surface area contributed by atoms with Crippen molar-refractivity contribution in [1.29, 1.82) is 0 Å². The van der Waals surface area contributed by atoms with Crippen molar-refractivity contribution in [2.24, 2.45) is 17.3 Å². The van der Waals surface area contributed by atoms with E-state index >= 15 is 0 Å². The van der Waals surface area contributed by atoms with Crippen LogP contribution in [0.25, 0.3) is 22.3 Å². The number of imidazole rings is 1. The quantitative estimate of drug-likeness (QED) is 0.388. The predicted molar refractivity (Wildman–Crippen MR) is 152 cm³/mol. The van der Waals surface area contributed by atoms with Crippen LogP contribution in [0.5, 0.6) is 0 Å². The van der Waals surface area contributed by atoms with Gasteiger partial charge >= 0.3 is 6.09 Å². The number of hydroxylamine groups is 1. The van der Waals surface area contributed by atoms with Gasteiger partial charge in [-0.25, -0.2) is 14.8 Å². The number of halogens is 1. The highest BCUT2D eigenvalue weighted by Crippen LogP contribution is 2.41. The fourth-order valence-electron chi connectivity index (χ4n) is 6.55. The number of aromatic nitrogens is 4. The van der Waals surface area contributed by atoms with Gasteiger partial charge in [-0.15, -0.1) is 5.48 Å². The molecule has 1 aliphatic carbocycles. The molecule has 0 aromatic carbocycles. The van der Waals surface area contributed by atoms with E-state index in [1.165, 1.54) is 25.7 Å². The minimum atomic E-state index is -0.574. The van der Waals surface area contributed by atoms with Crippen molar-refractivity contribution >= 4 is 34.7 Å². The molecule has 3 aromatic rings. The molecular formula is C29H38ClN7O2. The van der Waals surface area contributed by atoms with Crippen LogP contribution in [0.1, 0.15) is 78.1 Å². The van der Waals surface area contributed by atoms with Crippen molar-refractivity contribution in [1.82, 2.24) is 30.3 Å². The Bertz CT molecular complexity index is 1380. The summed E-state index contributed by atoms with van der Waals surface area (Å²) >= 11 is 6.41. The van der Waals surface area contributed by atoms with E-state index in [0.29, 0.717) is 22.7 Å². The number of rotatable bonds is 5. The van der Waals surface area contributed by atoms with E-state index in [1.54, 1.807) is 12.4 Å². The number of hydrogen-bond donors (Lipinski definition) is 2.